The van der Waals surface area contributed by atoms with Gasteiger partial charge in [-0.3, -0.25) is 0 Å². The molecule has 0 radical (unpaired) electrons. The van der Waals surface area contributed by atoms with Crippen LogP contribution < -0.4 is 10.1 Å². The Kier molecular flexibility index (Phi) is 5.61. The van der Waals surface area contributed by atoms with E-state index in [4.69, 9.17) is 14.8 Å². The molecule has 2 N–H and O–H groups in total. The molecule has 0 atom stereocenters. The van der Waals surface area contributed by atoms with Crippen molar-refractivity contribution in [3.8, 4) is 11.6 Å². The summed E-state index contributed by atoms with van der Waals surface area (Å²) in [7, 11) is 0. The van der Waals surface area contributed by atoms with E-state index in [0.29, 0.717) is 18.2 Å². The van der Waals surface area contributed by atoms with E-state index in [1.807, 2.05) is 41.0 Å². The van der Waals surface area contributed by atoms with Gasteiger partial charge in [0.05, 0.1) is 17.6 Å². The average molecular weight is 454 g/mol. The van der Waals surface area contributed by atoms with Crippen LogP contribution in [0.3, 0.4) is 0 Å². The smallest absolute Gasteiger partial charge is 0.354 e. The molecule has 3 aromatic carbocycles. The number of pyridine rings is 1. The highest BCUT2D eigenvalue weighted by molar-refractivity contribution is 5.85. The fourth-order valence-electron chi connectivity index (χ4n) is 3.55. The molecule has 34 heavy (non-hydrogen) atoms. The van der Waals surface area contributed by atoms with Crippen molar-refractivity contribution >= 4 is 28.6 Å². The van der Waals surface area contributed by atoms with Crippen molar-refractivity contribution in [3.05, 3.63) is 108 Å². The van der Waals surface area contributed by atoms with Crippen molar-refractivity contribution in [1.29, 1.82) is 0 Å². The van der Waals surface area contributed by atoms with Gasteiger partial charge in [-0.15, -0.1) is 0 Å². The van der Waals surface area contributed by atoms with Crippen molar-refractivity contribution in [1.82, 2.24) is 14.5 Å². The number of carboxylic acids is 1. The molecule has 0 saturated carbocycles. The van der Waals surface area contributed by atoms with Crippen LogP contribution in [0, 0.1) is 5.82 Å². The summed E-state index contributed by atoms with van der Waals surface area (Å²) in [6, 6.07) is 26.0. The highest BCUT2D eigenvalue weighted by Gasteiger charge is 2.12. The molecule has 0 aliphatic heterocycles. The third-order valence-electron chi connectivity index (χ3n) is 5.18. The van der Waals surface area contributed by atoms with Crippen molar-refractivity contribution in [2.45, 2.75) is 6.54 Å². The zero-order valence-electron chi connectivity index (χ0n) is 17.9. The lowest BCUT2D eigenvalue weighted by Crippen LogP contribution is -2.05. The molecule has 5 aromatic rings. The van der Waals surface area contributed by atoms with Crippen LogP contribution in [0.2, 0.25) is 0 Å². The van der Waals surface area contributed by atoms with Crippen molar-refractivity contribution in [2.24, 2.45) is 0 Å². The Morgan fingerprint density at radius 1 is 0.912 bits per heavy atom. The Hall–Kier alpha value is -4.72. The predicted octanol–water partition coefficient (Wildman–Crippen LogP) is 5.85. The Labute approximate surface area is 194 Å². The number of nitrogens with one attached hydrogen (secondary N) is 1. The second-order valence-electron chi connectivity index (χ2n) is 7.55. The largest absolute Gasteiger partial charge is 0.477 e. The number of rotatable bonds is 7. The molecule has 0 amide bonds. The molecule has 0 bridgehead atoms. The number of nitrogens with zero attached hydrogens (tertiary/aromatic N) is 3. The van der Waals surface area contributed by atoms with Crippen LogP contribution in [0.4, 0.5) is 16.0 Å². The third kappa shape index (κ3) is 4.56. The lowest BCUT2D eigenvalue weighted by molar-refractivity contribution is 0.0689. The molecular weight excluding hydrogens is 435 g/mol. The van der Waals surface area contributed by atoms with E-state index < -0.39 is 5.97 Å². The number of aromatic carboxylic acids is 1. The van der Waals surface area contributed by atoms with E-state index in [2.05, 4.69) is 10.3 Å². The van der Waals surface area contributed by atoms with Gasteiger partial charge in [0.2, 0.25) is 11.8 Å². The fraction of sp³-hybridized carbons (Fsp3) is 0.0385. The van der Waals surface area contributed by atoms with E-state index in [0.717, 1.165) is 22.3 Å². The van der Waals surface area contributed by atoms with Gasteiger partial charge in [-0.05, 0) is 60.2 Å². The summed E-state index contributed by atoms with van der Waals surface area (Å²) in [4.78, 5) is 19.8. The fourth-order valence-corrected chi connectivity index (χ4v) is 3.55. The van der Waals surface area contributed by atoms with Crippen molar-refractivity contribution in [3.63, 3.8) is 0 Å². The van der Waals surface area contributed by atoms with E-state index in [1.54, 1.807) is 36.4 Å². The van der Waals surface area contributed by atoms with Crippen LogP contribution in [0.15, 0.2) is 91.0 Å². The normalized spacial score (nSPS) is 10.9. The first kappa shape index (κ1) is 21.1. The maximum atomic E-state index is 13.3. The first-order chi connectivity index (χ1) is 16.5. The number of anilines is 2. The molecule has 0 fully saturated rings. The quantitative estimate of drug-likeness (QED) is 0.321. The summed E-state index contributed by atoms with van der Waals surface area (Å²) < 4.78 is 21.1. The number of carbonyl (C=O) groups is 1. The summed E-state index contributed by atoms with van der Waals surface area (Å²) in [5.41, 5.74) is 3.45. The predicted molar refractivity (Wildman–Crippen MR) is 126 cm³/mol. The van der Waals surface area contributed by atoms with E-state index in [-0.39, 0.29) is 17.4 Å². The minimum atomic E-state index is -1.12. The molecule has 0 saturated heterocycles. The number of hydrogen-bond acceptors (Lipinski definition) is 5. The van der Waals surface area contributed by atoms with Crippen LogP contribution in [0.1, 0.15) is 16.1 Å². The van der Waals surface area contributed by atoms with Gasteiger partial charge in [0.25, 0.3) is 0 Å². The number of imidazole rings is 1. The van der Waals surface area contributed by atoms with Crippen LogP contribution in [0.5, 0.6) is 11.6 Å². The van der Waals surface area contributed by atoms with Gasteiger partial charge in [-0.1, -0.05) is 30.3 Å². The summed E-state index contributed by atoms with van der Waals surface area (Å²) in [6.07, 6.45) is 0. The summed E-state index contributed by atoms with van der Waals surface area (Å²) in [6.45, 7) is 0.524. The number of halogens is 1. The number of aromatic nitrogens is 3. The Morgan fingerprint density at radius 2 is 1.68 bits per heavy atom. The monoisotopic (exact) mass is 454 g/mol. The maximum absolute atomic E-state index is 13.3. The maximum Gasteiger partial charge on any atom is 0.354 e. The second kappa shape index (κ2) is 9.03. The molecular formula is C26H19FN4O3. The van der Waals surface area contributed by atoms with Gasteiger partial charge in [0.15, 0.2) is 5.69 Å². The van der Waals surface area contributed by atoms with E-state index in [9.17, 15) is 9.18 Å². The first-order valence-corrected chi connectivity index (χ1v) is 10.5. The second-order valence-corrected chi connectivity index (χ2v) is 7.55. The zero-order valence-corrected chi connectivity index (χ0v) is 17.9. The highest BCUT2D eigenvalue weighted by Crippen LogP contribution is 2.26. The summed E-state index contributed by atoms with van der Waals surface area (Å²) in [5, 5.41) is 12.4. The van der Waals surface area contributed by atoms with Gasteiger partial charge in [-0.25, -0.2) is 19.2 Å². The minimum absolute atomic E-state index is 0.0872. The zero-order chi connectivity index (χ0) is 23.5. The lowest BCUT2D eigenvalue weighted by atomic mass is 10.2. The van der Waals surface area contributed by atoms with E-state index in [1.165, 1.54) is 18.2 Å². The van der Waals surface area contributed by atoms with Crippen molar-refractivity contribution in [2.75, 3.05) is 5.32 Å². The molecule has 7 nitrogen and oxygen atoms in total. The molecule has 0 spiro atoms. The molecule has 2 aromatic heterocycles. The van der Waals surface area contributed by atoms with Gasteiger partial charge in [0, 0.05) is 11.8 Å². The standard InChI is InChI=1S/C26H19FN4O3/c27-18-10-8-17(9-11-18)16-31-23-6-2-1-4-21(23)30-26(31)28-19-12-14-20(15-13-19)34-24-7-3-5-22(29-24)25(32)33/h1-15H,16H2,(H,28,30)(H,32,33). The number of para-hydroxylation sites is 2. The SMILES string of the molecule is O=C(O)c1cccc(Oc2ccc(Nc3nc4ccccc4n3Cc3ccc(F)cc3)cc2)n1. The molecule has 0 aliphatic carbocycles. The molecule has 168 valence electrons. The van der Waals surface area contributed by atoms with Crippen LogP contribution in [-0.2, 0) is 6.54 Å². The average Bonchev–Trinajstić information content (AvgIpc) is 3.18. The summed E-state index contributed by atoms with van der Waals surface area (Å²) >= 11 is 0. The van der Waals surface area contributed by atoms with Crippen molar-refractivity contribution < 1.29 is 19.0 Å². The number of ether oxygens (including phenoxy) is 1. The van der Waals surface area contributed by atoms with Gasteiger partial charge in [0.1, 0.15) is 11.6 Å². The number of fused-ring (bicyclic) bond motifs is 1. The molecule has 2 heterocycles. The third-order valence-corrected chi connectivity index (χ3v) is 5.18. The molecule has 0 unspecified atom stereocenters. The number of carboxylic acid groups (broad SMARTS) is 1. The Balaban J connectivity index is 1.38. The Morgan fingerprint density at radius 3 is 2.44 bits per heavy atom. The van der Waals surface area contributed by atoms with Crippen LogP contribution in [0.25, 0.3) is 11.0 Å². The van der Waals surface area contributed by atoms with Gasteiger partial charge >= 0.3 is 5.97 Å². The van der Waals surface area contributed by atoms with Crippen LogP contribution >= 0.6 is 0 Å². The highest BCUT2D eigenvalue weighted by atomic mass is 19.1. The minimum Gasteiger partial charge on any atom is -0.477 e. The molecule has 0 aliphatic rings. The van der Waals surface area contributed by atoms with Gasteiger partial charge in [-0.2, -0.15) is 0 Å². The van der Waals surface area contributed by atoms with Gasteiger partial charge < -0.3 is 19.7 Å². The summed E-state index contributed by atoms with van der Waals surface area (Å²) in [5.74, 6) is -0.0320. The number of benzene rings is 3. The van der Waals surface area contributed by atoms with Crippen LogP contribution in [-0.4, -0.2) is 25.6 Å². The lowest BCUT2D eigenvalue weighted by Gasteiger charge is -2.12. The van der Waals surface area contributed by atoms with E-state index >= 15 is 0 Å². The topological polar surface area (TPSA) is 89.3 Å². The first-order valence-electron chi connectivity index (χ1n) is 10.5. The Bertz CT molecular complexity index is 1460. The molecule has 5 rings (SSSR count). The number of hydrogen-bond donors (Lipinski definition) is 2. The molecule has 8 heteroatoms.